The first kappa shape index (κ1) is 19.9. The van der Waals surface area contributed by atoms with Crippen LogP contribution in [-0.2, 0) is 9.59 Å². The van der Waals surface area contributed by atoms with Gasteiger partial charge in [0.1, 0.15) is 0 Å². The van der Waals surface area contributed by atoms with Crippen molar-refractivity contribution in [2.75, 3.05) is 6.61 Å². The Balaban J connectivity index is 2.72. The second-order valence-corrected chi connectivity index (χ2v) is 7.79. The van der Waals surface area contributed by atoms with Gasteiger partial charge in [0.05, 0.1) is 12.6 Å². The summed E-state index contributed by atoms with van der Waals surface area (Å²) in [5.74, 6) is -0.778. The van der Waals surface area contributed by atoms with Crippen LogP contribution in [0.25, 0.3) is 0 Å². The van der Waals surface area contributed by atoms with Gasteiger partial charge in [-0.3, -0.25) is 14.8 Å². The minimum absolute atomic E-state index is 0.0267. The third-order valence-corrected chi connectivity index (χ3v) is 4.81. The lowest BCUT2D eigenvalue weighted by molar-refractivity contribution is -0.136. The maximum atomic E-state index is 12.6. The van der Waals surface area contributed by atoms with E-state index in [0.717, 1.165) is 12.8 Å². The van der Waals surface area contributed by atoms with E-state index in [0.29, 0.717) is 12.3 Å². The zero-order valence-electron chi connectivity index (χ0n) is 14.6. The highest BCUT2D eigenvalue weighted by atomic mass is 16.5. The quantitative estimate of drug-likeness (QED) is 0.424. The van der Waals surface area contributed by atoms with Crippen LogP contribution in [-0.4, -0.2) is 34.8 Å². The zero-order valence-corrected chi connectivity index (χ0v) is 14.6. The van der Waals surface area contributed by atoms with Crippen LogP contribution in [0.5, 0.6) is 0 Å². The number of amides is 2. The van der Waals surface area contributed by atoms with Gasteiger partial charge in [-0.05, 0) is 17.8 Å². The van der Waals surface area contributed by atoms with Crippen molar-refractivity contribution in [1.29, 1.82) is 0 Å². The predicted molar refractivity (Wildman–Crippen MR) is 87.7 cm³/mol. The molecule has 0 heterocycles. The van der Waals surface area contributed by atoms with Crippen molar-refractivity contribution in [1.82, 2.24) is 10.8 Å². The lowest BCUT2D eigenvalue weighted by Crippen LogP contribution is -2.49. The highest BCUT2D eigenvalue weighted by Crippen LogP contribution is 2.30. The number of carbonyl (C=O) groups excluding carboxylic acids is 2. The van der Waals surface area contributed by atoms with E-state index in [4.69, 9.17) is 5.21 Å². The van der Waals surface area contributed by atoms with Gasteiger partial charge in [-0.25, -0.2) is 5.48 Å². The largest absolute Gasteiger partial charge is 0.394 e. The van der Waals surface area contributed by atoms with E-state index < -0.39 is 11.8 Å². The van der Waals surface area contributed by atoms with Gasteiger partial charge in [0.25, 0.3) is 0 Å². The molecule has 0 bridgehead atoms. The Hall–Kier alpha value is -1.14. The molecule has 4 N–H and O–H groups in total. The average Bonchev–Trinajstić information content (AvgIpc) is 2.51. The summed E-state index contributed by atoms with van der Waals surface area (Å²) < 4.78 is 0. The van der Waals surface area contributed by atoms with E-state index in [9.17, 15) is 14.7 Å². The summed E-state index contributed by atoms with van der Waals surface area (Å²) in [6.07, 6.45) is 6.39. The molecule has 2 atom stereocenters. The molecule has 134 valence electrons. The fourth-order valence-corrected chi connectivity index (χ4v) is 3.20. The van der Waals surface area contributed by atoms with Crippen molar-refractivity contribution in [2.45, 2.75) is 71.8 Å². The van der Waals surface area contributed by atoms with Crippen LogP contribution in [0.4, 0.5) is 0 Å². The molecule has 0 saturated heterocycles. The van der Waals surface area contributed by atoms with Gasteiger partial charge in [-0.2, -0.15) is 0 Å². The summed E-state index contributed by atoms with van der Waals surface area (Å²) in [5, 5.41) is 21.1. The van der Waals surface area contributed by atoms with E-state index in [1.807, 2.05) is 20.8 Å². The molecule has 1 aliphatic rings. The molecular formula is C17H32N2O4. The normalized spacial score (nSPS) is 19.0. The lowest BCUT2D eigenvalue weighted by Gasteiger charge is -2.32. The van der Waals surface area contributed by atoms with Crippen LogP contribution < -0.4 is 10.8 Å². The first-order chi connectivity index (χ1) is 10.8. The number of aliphatic hydroxyl groups is 1. The van der Waals surface area contributed by atoms with Crippen molar-refractivity contribution in [3.8, 4) is 0 Å². The first-order valence-electron chi connectivity index (χ1n) is 8.62. The number of nitrogens with one attached hydrogen (secondary N) is 2. The second kappa shape index (κ2) is 9.23. The Morgan fingerprint density at radius 2 is 1.78 bits per heavy atom. The maximum Gasteiger partial charge on any atom is 0.244 e. The highest BCUT2D eigenvalue weighted by Gasteiger charge is 2.31. The van der Waals surface area contributed by atoms with Crippen molar-refractivity contribution in [2.24, 2.45) is 17.3 Å². The minimum atomic E-state index is -0.544. The van der Waals surface area contributed by atoms with Crippen molar-refractivity contribution >= 4 is 11.8 Å². The molecule has 6 nitrogen and oxygen atoms in total. The Kier molecular flexibility index (Phi) is 7.99. The molecule has 23 heavy (non-hydrogen) atoms. The molecule has 2 amide bonds. The molecule has 1 aliphatic carbocycles. The Labute approximate surface area is 139 Å². The Morgan fingerprint density at radius 1 is 1.17 bits per heavy atom. The highest BCUT2D eigenvalue weighted by molar-refractivity contribution is 5.85. The smallest absolute Gasteiger partial charge is 0.244 e. The number of hydrogen-bond acceptors (Lipinski definition) is 4. The van der Waals surface area contributed by atoms with Gasteiger partial charge >= 0.3 is 0 Å². The molecule has 0 aliphatic heterocycles. The monoisotopic (exact) mass is 328 g/mol. The average molecular weight is 328 g/mol. The van der Waals surface area contributed by atoms with Gasteiger partial charge in [0.15, 0.2) is 0 Å². The van der Waals surface area contributed by atoms with Gasteiger partial charge in [-0.1, -0.05) is 52.9 Å². The van der Waals surface area contributed by atoms with Crippen molar-refractivity contribution in [3.05, 3.63) is 0 Å². The number of aliphatic hydroxyl groups excluding tert-OH is 1. The lowest BCUT2D eigenvalue weighted by atomic mass is 9.81. The predicted octanol–water partition coefficient (Wildman–Crippen LogP) is 1.99. The SMILES string of the molecule is CC(C)(C)[C@@H](CO)NC(=O)[C@@H](CC(=O)NO)CC1CCCCC1. The van der Waals surface area contributed by atoms with Crippen molar-refractivity contribution in [3.63, 3.8) is 0 Å². The molecule has 1 rings (SSSR count). The number of hydrogen-bond donors (Lipinski definition) is 4. The summed E-state index contributed by atoms with van der Waals surface area (Å²) in [5.41, 5.74) is 1.35. The van der Waals surface area contributed by atoms with Crippen LogP contribution in [0.15, 0.2) is 0 Å². The molecule has 0 radical (unpaired) electrons. The molecular weight excluding hydrogens is 296 g/mol. The molecule has 0 spiro atoms. The standard InChI is InChI=1S/C17H32N2O4/c1-17(2,3)14(11-20)18-16(22)13(10-15(21)19-23)9-12-7-5-4-6-8-12/h12-14,20,23H,4-11H2,1-3H3,(H,18,22)(H,19,21)/t13-,14-/m1/s1. The molecule has 6 heteroatoms. The topological polar surface area (TPSA) is 98.7 Å². The summed E-state index contributed by atoms with van der Waals surface area (Å²) in [7, 11) is 0. The molecule has 1 fully saturated rings. The third kappa shape index (κ3) is 6.87. The summed E-state index contributed by atoms with van der Waals surface area (Å²) in [6, 6.07) is -0.360. The van der Waals surface area contributed by atoms with E-state index in [1.54, 1.807) is 5.48 Å². The minimum Gasteiger partial charge on any atom is -0.394 e. The Bertz CT molecular complexity index is 387. The Morgan fingerprint density at radius 3 is 2.26 bits per heavy atom. The number of hydroxylamine groups is 1. The van der Waals surface area contributed by atoms with Gasteiger partial charge in [-0.15, -0.1) is 0 Å². The molecule has 0 aromatic carbocycles. The van der Waals surface area contributed by atoms with Gasteiger partial charge in [0.2, 0.25) is 11.8 Å². The second-order valence-electron chi connectivity index (χ2n) is 7.79. The first-order valence-corrected chi connectivity index (χ1v) is 8.62. The summed E-state index contributed by atoms with van der Waals surface area (Å²) >= 11 is 0. The van der Waals surface area contributed by atoms with Crippen LogP contribution in [0.1, 0.15) is 65.7 Å². The molecule has 0 unspecified atom stereocenters. The fourth-order valence-electron chi connectivity index (χ4n) is 3.20. The molecule has 1 saturated carbocycles. The van der Waals surface area contributed by atoms with Crippen LogP contribution in [0.3, 0.4) is 0 Å². The number of rotatable bonds is 7. The van der Waals surface area contributed by atoms with Gasteiger partial charge in [0, 0.05) is 12.3 Å². The maximum absolute atomic E-state index is 12.6. The zero-order chi connectivity index (χ0) is 17.5. The van der Waals surface area contributed by atoms with E-state index >= 15 is 0 Å². The number of carbonyl (C=O) groups is 2. The van der Waals surface area contributed by atoms with Gasteiger partial charge < -0.3 is 10.4 Å². The van der Waals surface area contributed by atoms with Crippen molar-refractivity contribution < 1.29 is 19.9 Å². The van der Waals surface area contributed by atoms with Crippen LogP contribution in [0, 0.1) is 17.3 Å². The third-order valence-electron chi connectivity index (χ3n) is 4.81. The van der Waals surface area contributed by atoms with E-state index in [1.165, 1.54) is 19.3 Å². The summed E-state index contributed by atoms with van der Waals surface area (Å²) in [4.78, 5) is 24.1. The van der Waals surface area contributed by atoms with Crippen LogP contribution >= 0.6 is 0 Å². The van der Waals surface area contributed by atoms with E-state index in [-0.39, 0.29) is 30.4 Å². The van der Waals surface area contributed by atoms with Crippen LogP contribution in [0.2, 0.25) is 0 Å². The summed E-state index contributed by atoms with van der Waals surface area (Å²) in [6.45, 7) is 5.71. The molecule has 0 aromatic heterocycles. The fraction of sp³-hybridized carbons (Fsp3) is 0.882. The van der Waals surface area contributed by atoms with E-state index in [2.05, 4.69) is 5.32 Å². The molecule has 0 aromatic rings.